The summed E-state index contributed by atoms with van der Waals surface area (Å²) < 4.78 is 10.5. The molecule has 7 nitrogen and oxygen atoms in total. The van der Waals surface area contributed by atoms with Crippen molar-refractivity contribution in [3.63, 3.8) is 0 Å². The third kappa shape index (κ3) is 5.30. The van der Waals surface area contributed by atoms with Crippen molar-refractivity contribution >= 4 is 23.3 Å². The first-order chi connectivity index (χ1) is 14.5. The Balaban J connectivity index is 1.56. The number of hydrogen-bond donors (Lipinski definition) is 1. The third-order valence-electron chi connectivity index (χ3n) is 5.18. The summed E-state index contributed by atoms with van der Waals surface area (Å²) in [5.41, 5.74) is 3.04. The maximum Gasteiger partial charge on any atom is 0.337 e. The Bertz CT molecular complexity index is 892. The maximum atomic E-state index is 12.6. The van der Waals surface area contributed by atoms with Crippen LogP contribution in [0, 0.1) is 6.92 Å². The SMILES string of the molecule is CCOc1ccccc1N1CCN(CC(=O)Nc2cc(C(=O)OC)ccc2C)CC1. The summed E-state index contributed by atoms with van der Waals surface area (Å²) in [6, 6.07) is 13.2. The second kappa shape index (κ2) is 10.1. The number of ether oxygens (including phenoxy) is 2. The van der Waals surface area contributed by atoms with Crippen molar-refractivity contribution in [2.75, 3.05) is 56.7 Å². The summed E-state index contributed by atoms with van der Waals surface area (Å²) in [6.45, 7) is 8.05. The predicted molar refractivity (Wildman–Crippen MR) is 117 cm³/mol. The Morgan fingerprint density at radius 1 is 1.07 bits per heavy atom. The molecule has 30 heavy (non-hydrogen) atoms. The lowest BCUT2D eigenvalue weighted by atomic mass is 10.1. The molecular formula is C23H29N3O4. The number of carbonyl (C=O) groups excluding carboxylic acids is 2. The number of carbonyl (C=O) groups is 2. The summed E-state index contributed by atoms with van der Waals surface area (Å²) in [5, 5.41) is 2.92. The topological polar surface area (TPSA) is 71.1 Å². The molecule has 1 aliphatic rings. The number of aryl methyl sites for hydroxylation is 1. The first-order valence-electron chi connectivity index (χ1n) is 10.2. The van der Waals surface area contributed by atoms with E-state index in [1.165, 1.54) is 7.11 Å². The lowest BCUT2D eigenvalue weighted by Gasteiger charge is -2.36. The van der Waals surface area contributed by atoms with Crippen LogP contribution >= 0.6 is 0 Å². The molecule has 3 rings (SSSR count). The van der Waals surface area contributed by atoms with E-state index in [1.54, 1.807) is 18.2 Å². The summed E-state index contributed by atoms with van der Waals surface area (Å²) in [7, 11) is 1.34. The van der Waals surface area contributed by atoms with Gasteiger partial charge in [-0.1, -0.05) is 18.2 Å². The Morgan fingerprint density at radius 2 is 1.80 bits per heavy atom. The minimum atomic E-state index is -0.422. The molecule has 0 radical (unpaired) electrons. The molecule has 1 fully saturated rings. The van der Waals surface area contributed by atoms with Crippen LogP contribution in [0.25, 0.3) is 0 Å². The molecule has 2 aromatic rings. The van der Waals surface area contributed by atoms with Crippen LogP contribution in [0.5, 0.6) is 5.75 Å². The van der Waals surface area contributed by atoms with Gasteiger partial charge in [-0.15, -0.1) is 0 Å². The van der Waals surface area contributed by atoms with Crippen molar-refractivity contribution < 1.29 is 19.1 Å². The second-order valence-corrected chi connectivity index (χ2v) is 7.23. The van der Waals surface area contributed by atoms with Crippen LogP contribution in [-0.4, -0.2) is 63.2 Å². The van der Waals surface area contributed by atoms with Crippen molar-refractivity contribution in [1.29, 1.82) is 0 Å². The fraction of sp³-hybridized carbons (Fsp3) is 0.391. The number of benzene rings is 2. The molecule has 0 atom stereocenters. The maximum absolute atomic E-state index is 12.6. The van der Waals surface area contributed by atoms with Gasteiger partial charge < -0.3 is 19.7 Å². The van der Waals surface area contributed by atoms with Crippen molar-refractivity contribution in [3.8, 4) is 5.75 Å². The van der Waals surface area contributed by atoms with Gasteiger partial charge in [-0.2, -0.15) is 0 Å². The van der Waals surface area contributed by atoms with Crippen molar-refractivity contribution in [2.24, 2.45) is 0 Å². The van der Waals surface area contributed by atoms with Gasteiger partial charge >= 0.3 is 5.97 Å². The molecule has 0 aromatic heterocycles. The second-order valence-electron chi connectivity index (χ2n) is 7.23. The lowest BCUT2D eigenvalue weighted by molar-refractivity contribution is -0.117. The van der Waals surface area contributed by atoms with Crippen LogP contribution in [0.15, 0.2) is 42.5 Å². The van der Waals surface area contributed by atoms with Gasteiger partial charge in [-0.25, -0.2) is 4.79 Å². The first kappa shape index (κ1) is 21.6. The van der Waals surface area contributed by atoms with E-state index in [4.69, 9.17) is 9.47 Å². The van der Waals surface area contributed by atoms with Crippen molar-refractivity contribution in [3.05, 3.63) is 53.6 Å². The van der Waals surface area contributed by atoms with E-state index in [1.807, 2.05) is 32.0 Å². The summed E-state index contributed by atoms with van der Waals surface area (Å²) in [4.78, 5) is 28.7. The molecule has 0 bridgehead atoms. The van der Waals surface area contributed by atoms with Crippen LogP contribution in [0.1, 0.15) is 22.8 Å². The fourth-order valence-electron chi connectivity index (χ4n) is 3.54. The number of amides is 1. The molecule has 1 saturated heterocycles. The van der Waals surface area contributed by atoms with Gasteiger partial charge in [0.2, 0.25) is 5.91 Å². The molecule has 7 heteroatoms. The molecular weight excluding hydrogens is 382 g/mol. The zero-order valence-electron chi connectivity index (χ0n) is 17.8. The van der Waals surface area contributed by atoms with Crippen LogP contribution in [0.4, 0.5) is 11.4 Å². The number of esters is 1. The number of anilines is 2. The van der Waals surface area contributed by atoms with Gasteiger partial charge in [0.15, 0.2) is 0 Å². The zero-order chi connectivity index (χ0) is 21.5. The molecule has 160 valence electrons. The van der Waals surface area contributed by atoms with E-state index in [-0.39, 0.29) is 5.91 Å². The van der Waals surface area contributed by atoms with Crippen LogP contribution in [-0.2, 0) is 9.53 Å². The molecule has 2 aromatic carbocycles. The number of rotatable bonds is 7. The van der Waals surface area contributed by atoms with Gasteiger partial charge in [0.05, 0.1) is 31.5 Å². The normalized spacial score (nSPS) is 14.3. The molecule has 1 amide bonds. The Hall–Kier alpha value is -3.06. The molecule has 0 aliphatic carbocycles. The Labute approximate surface area is 177 Å². The molecule has 0 unspecified atom stereocenters. The summed E-state index contributed by atoms with van der Waals surface area (Å²) >= 11 is 0. The van der Waals surface area contributed by atoms with Gasteiger partial charge in [0.25, 0.3) is 0 Å². The highest BCUT2D eigenvalue weighted by molar-refractivity contribution is 5.96. The number of para-hydroxylation sites is 2. The van der Waals surface area contributed by atoms with Gasteiger partial charge in [-0.3, -0.25) is 9.69 Å². The summed E-state index contributed by atoms with van der Waals surface area (Å²) in [6.07, 6.45) is 0. The monoisotopic (exact) mass is 411 g/mol. The summed E-state index contributed by atoms with van der Waals surface area (Å²) in [5.74, 6) is 0.379. The highest BCUT2D eigenvalue weighted by Gasteiger charge is 2.21. The van der Waals surface area contributed by atoms with E-state index < -0.39 is 5.97 Å². The number of hydrogen-bond acceptors (Lipinski definition) is 6. The zero-order valence-corrected chi connectivity index (χ0v) is 17.8. The minimum Gasteiger partial charge on any atom is -0.492 e. The van der Waals surface area contributed by atoms with Gasteiger partial charge in [0.1, 0.15) is 5.75 Å². The fourth-order valence-corrected chi connectivity index (χ4v) is 3.54. The predicted octanol–water partition coefficient (Wildman–Crippen LogP) is 2.94. The van der Waals surface area contributed by atoms with Crippen molar-refractivity contribution in [2.45, 2.75) is 13.8 Å². The number of methoxy groups -OCH3 is 1. The highest BCUT2D eigenvalue weighted by atomic mass is 16.5. The van der Waals surface area contributed by atoms with E-state index in [2.05, 4.69) is 21.2 Å². The van der Waals surface area contributed by atoms with E-state index >= 15 is 0 Å². The number of nitrogens with zero attached hydrogens (tertiary/aromatic N) is 2. The average Bonchev–Trinajstić information content (AvgIpc) is 2.76. The van der Waals surface area contributed by atoms with Crippen LogP contribution < -0.4 is 15.0 Å². The van der Waals surface area contributed by atoms with Crippen LogP contribution in [0.3, 0.4) is 0 Å². The molecule has 0 spiro atoms. The third-order valence-corrected chi connectivity index (χ3v) is 5.18. The van der Waals surface area contributed by atoms with Crippen LogP contribution in [0.2, 0.25) is 0 Å². The van der Waals surface area contributed by atoms with Crippen molar-refractivity contribution in [1.82, 2.24) is 4.90 Å². The Kier molecular flexibility index (Phi) is 7.30. The number of piperazine rings is 1. The van der Waals surface area contributed by atoms with E-state index in [9.17, 15) is 9.59 Å². The quantitative estimate of drug-likeness (QED) is 0.707. The Morgan fingerprint density at radius 3 is 2.50 bits per heavy atom. The molecule has 1 N–H and O–H groups in total. The molecule has 1 heterocycles. The standard InChI is InChI=1S/C23H29N3O4/c1-4-30-21-8-6-5-7-20(21)26-13-11-25(12-14-26)16-22(27)24-19-15-18(23(28)29-3)10-9-17(19)2/h5-10,15H,4,11-14,16H2,1-3H3,(H,24,27). The lowest BCUT2D eigenvalue weighted by Crippen LogP contribution is -2.48. The van der Waals surface area contributed by atoms with E-state index in [0.29, 0.717) is 24.4 Å². The average molecular weight is 412 g/mol. The van der Waals surface area contributed by atoms with Gasteiger partial charge in [0, 0.05) is 31.9 Å². The largest absolute Gasteiger partial charge is 0.492 e. The smallest absolute Gasteiger partial charge is 0.337 e. The van der Waals surface area contributed by atoms with Gasteiger partial charge in [-0.05, 0) is 43.7 Å². The minimum absolute atomic E-state index is 0.0942. The first-order valence-corrected chi connectivity index (χ1v) is 10.2. The molecule has 0 saturated carbocycles. The van der Waals surface area contributed by atoms with E-state index in [0.717, 1.165) is 43.2 Å². The number of nitrogens with one attached hydrogen (secondary N) is 1. The highest BCUT2D eigenvalue weighted by Crippen LogP contribution is 2.28. The molecule has 1 aliphatic heterocycles.